The van der Waals surface area contributed by atoms with Gasteiger partial charge < -0.3 is 15.0 Å². The minimum Gasteiger partial charge on any atom is -0.475 e. The summed E-state index contributed by atoms with van der Waals surface area (Å²) >= 11 is 0. The molecule has 0 spiro atoms. The fourth-order valence-corrected chi connectivity index (χ4v) is 2.34. The van der Waals surface area contributed by atoms with Crippen LogP contribution in [0.1, 0.15) is 52.5 Å². The van der Waals surface area contributed by atoms with Crippen molar-refractivity contribution in [3.05, 3.63) is 23.9 Å². The van der Waals surface area contributed by atoms with Crippen LogP contribution < -0.4 is 10.1 Å². The van der Waals surface area contributed by atoms with Gasteiger partial charge in [0.1, 0.15) is 0 Å². The van der Waals surface area contributed by atoms with Crippen LogP contribution in [0.4, 0.5) is 4.79 Å². The first-order chi connectivity index (χ1) is 11.0. The molecular weight excluding hydrogens is 290 g/mol. The Morgan fingerprint density at radius 3 is 2.61 bits per heavy atom. The minimum absolute atomic E-state index is 0.0376. The molecule has 0 saturated heterocycles. The summed E-state index contributed by atoms with van der Waals surface area (Å²) in [7, 11) is 0. The SMILES string of the molecule is CC(C)CCN(C(=O)NCc1ccc(OC(C)C)nc1)C1CC1. The van der Waals surface area contributed by atoms with E-state index in [2.05, 4.69) is 24.1 Å². The van der Waals surface area contributed by atoms with Gasteiger partial charge in [0.15, 0.2) is 0 Å². The second kappa shape index (κ2) is 8.18. The first kappa shape index (κ1) is 17.6. The molecule has 1 heterocycles. The van der Waals surface area contributed by atoms with E-state index >= 15 is 0 Å². The monoisotopic (exact) mass is 319 g/mol. The molecule has 2 amide bonds. The summed E-state index contributed by atoms with van der Waals surface area (Å²) in [6, 6.07) is 4.27. The molecule has 1 aromatic rings. The maximum atomic E-state index is 12.4. The average molecular weight is 319 g/mol. The van der Waals surface area contributed by atoms with Gasteiger partial charge in [0.2, 0.25) is 5.88 Å². The van der Waals surface area contributed by atoms with Crippen LogP contribution in [0.15, 0.2) is 18.3 Å². The van der Waals surface area contributed by atoms with Gasteiger partial charge in [-0.2, -0.15) is 0 Å². The quantitative estimate of drug-likeness (QED) is 0.796. The Bertz CT molecular complexity index is 495. The first-order valence-corrected chi connectivity index (χ1v) is 8.61. The second-order valence-electron chi connectivity index (χ2n) is 6.94. The molecular formula is C18H29N3O2. The number of ether oxygens (including phenoxy) is 1. The molecule has 1 aliphatic rings. The summed E-state index contributed by atoms with van der Waals surface area (Å²) in [6.45, 7) is 9.66. The molecule has 1 fully saturated rings. The van der Waals surface area contributed by atoms with Crippen LogP contribution in [-0.4, -0.2) is 34.6 Å². The van der Waals surface area contributed by atoms with Crippen LogP contribution >= 0.6 is 0 Å². The maximum Gasteiger partial charge on any atom is 0.317 e. The lowest BCUT2D eigenvalue weighted by Gasteiger charge is -2.23. The van der Waals surface area contributed by atoms with E-state index in [-0.39, 0.29) is 12.1 Å². The van der Waals surface area contributed by atoms with Gasteiger partial charge in [-0.1, -0.05) is 19.9 Å². The lowest BCUT2D eigenvalue weighted by atomic mass is 10.1. The number of pyridine rings is 1. The van der Waals surface area contributed by atoms with Gasteiger partial charge in [-0.15, -0.1) is 0 Å². The normalized spacial score (nSPS) is 14.2. The van der Waals surface area contributed by atoms with Gasteiger partial charge in [-0.25, -0.2) is 9.78 Å². The molecule has 0 unspecified atom stereocenters. The zero-order valence-corrected chi connectivity index (χ0v) is 14.7. The third-order valence-electron chi connectivity index (χ3n) is 3.79. The van der Waals surface area contributed by atoms with Crippen molar-refractivity contribution in [2.24, 2.45) is 5.92 Å². The smallest absolute Gasteiger partial charge is 0.317 e. The number of amides is 2. The Labute approximate surface area is 139 Å². The molecule has 1 aliphatic carbocycles. The molecule has 0 radical (unpaired) electrons. The standard InChI is InChI=1S/C18H29N3O2/c1-13(2)9-10-21(16-6-7-16)18(22)20-12-15-5-8-17(19-11-15)23-14(3)4/h5,8,11,13-14,16H,6-7,9-10,12H2,1-4H3,(H,20,22). The van der Waals surface area contributed by atoms with E-state index in [0.29, 0.717) is 24.4 Å². The van der Waals surface area contributed by atoms with Crippen LogP contribution in [0.5, 0.6) is 5.88 Å². The highest BCUT2D eigenvalue weighted by atomic mass is 16.5. The maximum absolute atomic E-state index is 12.4. The van der Waals surface area contributed by atoms with E-state index in [1.807, 2.05) is 30.9 Å². The molecule has 2 rings (SSSR count). The lowest BCUT2D eigenvalue weighted by Crippen LogP contribution is -2.42. The van der Waals surface area contributed by atoms with Crippen molar-refractivity contribution in [1.82, 2.24) is 15.2 Å². The Kier molecular flexibility index (Phi) is 6.25. The van der Waals surface area contributed by atoms with Crippen LogP contribution in [0.25, 0.3) is 0 Å². The average Bonchev–Trinajstić information content (AvgIpc) is 3.30. The molecule has 5 nitrogen and oxygen atoms in total. The zero-order chi connectivity index (χ0) is 16.8. The Morgan fingerprint density at radius 1 is 1.35 bits per heavy atom. The van der Waals surface area contributed by atoms with E-state index in [9.17, 15) is 4.79 Å². The van der Waals surface area contributed by atoms with Crippen LogP contribution in [0.3, 0.4) is 0 Å². The van der Waals surface area contributed by atoms with Crippen molar-refractivity contribution in [2.75, 3.05) is 6.54 Å². The van der Waals surface area contributed by atoms with Crippen molar-refractivity contribution in [3.63, 3.8) is 0 Å². The predicted octanol–water partition coefficient (Wildman–Crippen LogP) is 3.59. The number of hydrogen-bond donors (Lipinski definition) is 1. The highest BCUT2D eigenvalue weighted by Crippen LogP contribution is 2.27. The minimum atomic E-state index is 0.0376. The molecule has 23 heavy (non-hydrogen) atoms. The van der Waals surface area contributed by atoms with E-state index in [1.54, 1.807) is 6.20 Å². The highest BCUT2D eigenvalue weighted by molar-refractivity contribution is 5.74. The number of rotatable bonds is 8. The van der Waals surface area contributed by atoms with E-state index in [4.69, 9.17) is 4.74 Å². The predicted molar refractivity (Wildman–Crippen MR) is 91.4 cm³/mol. The van der Waals surface area contributed by atoms with Gasteiger partial charge >= 0.3 is 6.03 Å². The molecule has 0 aromatic carbocycles. The molecule has 5 heteroatoms. The number of aromatic nitrogens is 1. The summed E-state index contributed by atoms with van der Waals surface area (Å²) < 4.78 is 5.52. The molecule has 1 saturated carbocycles. The number of nitrogens with one attached hydrogen (secondary N) is 1. The molecule has 0 aliphatic heterocycles. The highest BCUT2D eigenvalue weighted by Gasteiger charge is 2.32. The topological polar surface area (TPSA) is 54.5 Å². The first-order valence-electron chi connectivity index (χ1n) is 8.61. The van der Waals surface area contributed by atoms with Crippen molar-refractivity contribution in [1.29, 1.82) is 0 Å². The van der Waals surface area contributed by atoms with Crippen molar-refractivity contribution >= 4 is 6.03 Å². The Balaban J connectivity index is 1.82. The summed E-state index contributed by atoms with van der Waals surface area (Å²) in [5.41, 5.74) is 0.981. The van der Waals surface area contributed by atoms with Crippen LogP contribution in [0, 0.1) is 5.92 Å². The lowest BCUT2D eigenvalue weighted by molar-refractivity contribution is 0.191. The number of carbonyl (C=O) groups excluding carboxylic acids is 1. The van der Waals surface area contributed by atoms with Gasteiger partial charge in [-0.05, 0) is 44.6 Å². The van der Waals surface area contributed by atoms with E-state index < -0.39 is 0 Å². The molecule has 1 N–H and O–H groups in total. The van der Waals surface area contributed by atoms with Gasteiger partial charge in [-0.3, -0.25) is 0 Å². The van der Waals surface area contributed by atoms with E-state index in [0.717, 1.165) is 31.4 Å². The third kappa shape index (κ3) is 6.08. The van der Waals surface area contributed by atoms with Crippen LogP contribution in [-0.2, 0) is 6.54 Å². The largest absolute Gasteiger partial charge is 0.475 e. The number of carbonyl (C=O) groups is 1. The van der Waals surface area contributed by atoms with Gasteiger partial charge in [0.05, 0.1) is 6.10 Å². The summed E-state index contributed by atoms with van der Waals surface area (Å²) in [4.78, 5) is 18.6. The van der Waals surface area contributed by atoms with Crippen molar-refractivity contribution in [3.8, 4) is 5.88 Å². The van der Waals surface area contributed by atoms with Crippen molar-refractivity contribution in [2.45, 2.75) is 65.6 Å². The summed E-state index contributed by atoms with van der Waals surface area (Å²) in [6.07, 6.45) is 5.18. The third-order valence-corrected chi connectivity index (χ3v) is 3.79. The number of urea groups is 1. The molecule has 1 aromatic heterocycles. The zero-order valence-electron chi connectivity index (χ0n) is 14.7. The molecule has 0 bridgehead atoms. The summed E-state index contributed by atoms with van der Waals surface area (Å²) in [5.74, 6) is 1.23. The van der Waals surface area contributed by atoms with Gasteiger partial charge in [0, 0.05) is 31.4 Å². The second-order valence-corrected chi connectivity index (χ2v) is 6.94. The van der Waals surface area contributed by atoms with Gasteiger partial charge in [0.25, 0.3) is 0 Å². The molecule has 0 atom stereocenters. The Morgan fingerprint density at radius 2 is 2.09 bits per heavy atom. The van der Waals surface area contributed by atoms with Crippen molar-refractivity contribution < 1.29 is 9.53 Å². The number of nitrogens with zero attached hydrogens (tertiary/aromatic N) is 2. The van der Waals surface area contributed by atoms with E-state index in [1.165, 1.54) is 0 Å². The fraction of sp³-hybridized carbons (Fsp3) is 0.667. The molecule has 128 valence electrons. The fourth-order valence-electron chi connectivity index (χ4n) is 2.34. The Hall–Kier alpha value is -1.78. The van der Waals surface area contributed by atoms with Crippen LogP contribution in [0.2, 0.25) is 0 Å². The summed E-state index contributed by atoms with van der Waals surface area (Å²) in [5, 5.41) is 3.01. The number of hydrogen-bond acceptors (Lipinski definition) is 3.